The van der Waals surface area contributed by atoms with E-state index in [4.69, 9.17) is 0 Å². The molecular weight excluding hydrogens is 296 g/mol. The third kappa shape index (κ3) is 3.84. The minimum atomic E-state index is 0.455. The SMILES string of the molecule is Cc1ccccc1CC1CC(C(C)(C)C)CCC1Br. The molecule has 0 radical (unpaired) electrons. The summed E-state index contributed by atoms with van der Waals surface area (Å²) in [5, 5.41) is 0. The van der Waals surface area contributed by atoms with Crippen LogP contribution in [0.2, 0.25) is 0 Å². The number of benzene rings is 1. The van der Waals surface area contributed by atoms with Crippen LogP contribution >= 0.6 is 15.9 Å². The smallest absolute Gasteiger partial charge is 0.0177 e. The van der Waals surface area contributed by atoms with E-state index in [9.17, 15) is 0 Å². The fourth-order valence-electron chi connectivity index (χ4n) is 3.35. The third-order valence-corrected chi connectivity index (χ3v) is 6.06. The zero-order valence-corrected chi connectivity index (χ0v) is 14.3. The summed E-state index contributed by atoms with van der Waals surface area (Å²) in [4.78, 5) is 0.700. The second-order valence-corrected chi connectivity index (χ2v) is 8.46. The summed E-state index contributed by atoms with van der Waals surface area (Å²) in [6, 6.07) is 8.86. The Morgan fingerprint density at radius 2 is 1.84 bits per heavy atom. The van der Waals surface area contributed by atoms with Crippen LogP contribution in [0.5, 0.6) is 0 Å². The first kappa shape index (κ1) is 15.1. The van der Waals surface area contributed by atoms with Crippen molar-refractivity contribution in [3.05, 3.63) is 35.4 Å². The number of alkyl halides is 1. The van der Waals surface area contributed by atoms with Crippen molar-refractivity contribution in [2.75, 3.05) is 0 Å². The molecule has 3 unspecified atom stereocenters. The molecule has 0 bridgehead atoms. The number of halogens is 1. The average Bonchev–Trinajstić information content (AvgIpc) is 2.33. The molecule has 0 spiro atoms. The summed E-state index contributed by atoms with van der Waals surface area (Å²) in [6.45, 7) is 9.44. The van der Waals surface area contributed by atoms with Gasteiger partial charge in [0.1, 0.15) is 0 Å². The van der Waals surface area contributed by atoms with Crippen molar-refractivity contribution < 1.29 is 0 Å². The average molecular weight is 323 g/mol. The van der Waals surface area contributed by atoms with Crippen molar-refractivity contribution >= 4 is 15.9 Å². The number of rotatable bonds is 2. The van der Waals surface area contributed by atoms with E-state index >= 15 is 0 Å². The Labute approximate surface area is 127 Å². The van der Waals surface area contributed by atoms with Crippen LogP contribution in [0.25, 0.3) is 0 Å². The largest absolute Gasteiger partial charge is 0.0888 e. The van der Waals surface area contributed by atoms with Gasteiger partial charge in [0, 0.05) is 4.83 Å². The fraction of sp³-hybridized carbons (Fsp3) is 0.667. The zero-order chi connectivity index (χ0) is 14.0. The predicted octanol–water partition coefficient (Wildman–Crippen LogP) is 5.76. The number of hydrogen-bond donors (Lipinski definition) is 0. The molecule has 1 saturated carbocycles. The monoisotopic (exact) mass is 322 g/mol. The highest BCUT2D eigenvalue weighted by Gasteiger charge is 2.34. The first-order valence-electron chi connectivity index (χ1n) is 7.56. The molecule has 1 aliphatic rings. The summed E-state index contributed by atoms with van der Waals surface area (Å²) >= 11 is 3.93. The molecule has 0 aromatic heterocycles. The molecule has 106 valence electrons. The molecule has 0 aliphatic heterocycles. The lowest BCUT2D eigenvalue weighted by Gasteiger charge is -2.40. The van der Waals surface area contributed by atoms with Crippen molar-refractivity contribution in [3.63, 3.8) is 0 Å². The minimum Gasteiger partial charge on any atom is -0.0888 e. The first-order chi connectivity index (χ1) is 8.88. The molecular formula is C18H27Br. The molecule has 0 saturated heterocycles. The van der Waals surface area contributed by atoms with Crippen LogP contribution in [0.15, 0.2) is 24.3 Å². The molecule has 19 heavy (non-hydrogen) atoms. The summed E-state index contributed by atoms with van der Waals surface area (Å²) in [5.74, 6) is 1.66. The molecule has 3 atom stereocenters. The fourth-order valence-corrected chi connectivity index (χ4v) is 4.01. The van der Waals surface area contributed by atoms with Gasteiger partial charge in [0.2, 0.25) is 0 Å². The summed E-state index contributed by atoms with van der Waals surface area (Å²) in [6.07, 6.45) is 5.31. The van der Waals surface area contributed by atoms with Crippen LogP contribution in [-0.4, -0.2) is 4.83 Å². The van der Waals surface area contributed by atoms with E-state index in [1.807, 2.05) is 0 Å². The minimum absolute atomic E-state index is 0.455. The maximum atomic E-state index is 3.93. The van der Waals surface area contributed by atoms with Gasteiger partial charge in [-0.1, -0.05) is 61.0 Å². The number of hydrogen-bond acceptors (Lipinski definition) is 0. The molecule has 1 aliphatic carbocycles. The topological polar surface area (TPSA) is 0 Å². The molecule has 0 N–H and O–H groups in total. The maximum Gasteiger partial charge on any atom is 0.0177 e. The molecule has 1 aromatic rings. The normalized spacial score (nSPS) is 28.4. The highest BCUT2D eigenvalue weighted by molar-refractivity contribution is 9.09. The van der Waals surface area contributed by atoms with Gasteiger partial charge in [0.15, 0.2) is 0 Å². The van der Waals surface area contributed by atoms with E-state index in [2.05, 4.69) is 67.9 Å². The van der Waals surface area contributed by atoms with Gasteiger partial charge in [0.25, 0.3) is 0 Å². The molecule has 1 fully saturated rings. The molecule has 2 rings (SSSR count). The molecule has 0 heterocycles. The van der Waals surface area contributed by atoms with Gasteiger partial charge >= 0.3 is 0 Å². The van der Waals surface area contributed by atoms with Gasteiger partial charge in [-0.2, -0.15) is 0 Å². The second kappa shape index (κ2) is 5.99. The predicted molar refractivity (Wildman–Crippen MR) is 87.9 cm³/mol. The van der Waals surface area contributed by atoms with E-state index in [0.717, 1.165) is 11.8 Å². The molecule has 1 heteroatoms. The Balaban J connectivity index is 2.08. The Morgan fingerprint density at radius 1 is 1.16 bits per heavy atom. The van der Waals surface area contributed by atoms with Crippen LogP contribution in [0.3, 0.4) is 0 Å². The Kier molecular flexibility index (Phi) is 4.76. The van der Waals surface area contributed by atoms with Crippen molar-refractivity contribution in [2.45, 2.75) is 58.2 Å². The molecule has 1 aromatic carbocycles. The Hall–Kier alpha value is -0.300. The highest BCUT2D eigenvalue weighted by atomic mass is 79.9. The van der Waals surface area contributed by atoms with Crippen molar-refractivity contribution in [1.82, 2.24) is 0 Å². The van der Waals surface area contributed by atoms with Gasteiger partial charge in [-0.15, -0.1) is 0 Å². The van der Waals surface area contributed by atoms with Crippen molar-refractivity contribution in [2.24, 2.45) is 17.3 Å². The quantitative estimate of drug-likeness (QED) is 0.607. The maximum absolute atomic E-state index is 3.93. The van der Waals surface area contributed by atoms with Crippen LogP contribution in [0.1, 0.15) is 51.2 Å². The van der Waals surface area contributed by atoms with Crippen LogP contribution < -0.4 is 0 Å². The van der Waals surface area contributed by atoms with Crippen LogP contribution in [-0.2, 0) is 6.42 Å². The van der Waals surface area contributed by atoms with Gasteiger partial charge in [-0.25, -0.2) is 0 Å². The summed E-state index contributed by atoms with van der Waals surface area (Å²) in [7, 11) is 0. The lowest BCUT2D eigenvalue weighted by Crippen LogP contribution is -2.33. The Bertz CT molecular complexity index is 416. The van der Waals surface area contributed by atoms with Gasteiger partial charge in [-0.05, 0) is 61.0 Å². The highest BCUT2D eigenvalue weighted by Crippen LogP contribution is 2.43. The zero-order valence-electron chi connectivity index (χ0n) is 12.7. The van der Waals surface area contributed by atoms with Crippen LogP contribution in [0.4, 0.5) is 0 Å². The van der Waals surface area contributed by atoms with Crippen LogP contribution in [0, 0.1) is 24.2 Å². The van der Waals surface area contributed by atoms with E-state index < -0.39 is 0 Å². The van der Waals surface area contributed by atoms with E-state index in [-0.39, 0.29) is 0 Å². The second-order valence-electron chi connectivity index (χ2n) is 7.28. The molecule has 0 amide bonds. The van der Waals surface area contributed by atoms with Crippen molar-refractivity contribution in [1.29, 1.82) is 0 Å². The first-order valence-corrected chi connectivity index (χ1v) is 8.48. The van der Waals surface area contributed by atoms with Gasteiger partial charge in [0.05, 0.1) is 0 Å². The Morgan fingerprint density at radius 3 is 2.47 bits per heavy atom. The van der Waals surface area contributed by atoms with E-state index in [0.29, 0.717) is 10.2 Å². The standard InChI is InChI=1S/C18H27Br/c1-13-7-5-6-8-14(13)11-15-12-16(18(2,3)4)9-10-17(15)19/h5-8,15-17H,9-12H2,1-4H3. The van der Waals surface area contributed by atoms with Crippen molar-refractivity contribution in [3.8, 4) is 0 Å². The lowest BCUT2D eigenvalue weighted by molar-refractivity contribution is 0.146. The van der Waals surface area contributed by atoms with E-state index in [1.54, 1.807) is 0 Å². The molecule has 0 nitrogen and oxygen atoms in total. The van der Waals surface area contributed by atoms with Gasteiger partial charge < -0.3 is 0 Å². The third-order valence-electron chi connectivity index (χ3n) is 4.86. The summed E-state index contributed by atoms with van der Waals surface area (Å²) < 4.78 is 0. The summed E-state index contributed by atoms with van der Waals surface area (Å²) in [5.41, 5.74) is 3.43. The van der Waals surface area contributed by atoms with Gasteiger partial charge in [-0.3, -0.25) is 0 Å². The number of aryl methyl sites for hydroxylation is 1. The lowest BCUT2D eigenvalue weighted by atomic mass is 9.68. The van der Waals surface area contributed by atoms with E-state index in [1.165, 1.54) is 36.8 Å².